The summed E-state index contributed by atoms with van der Waals surface area (Å²) in [6, 6.07) is 55.6. The molecule has 0 spiro atoms. The zero-order valence-electron chi connectivity index (χ0n) is 26.7. The van der Waals surface area contributed by atoms with Gasteiger partial charge in [-0.05, 0) is 52.6 Å². The number of rotatable bonds is 5. The molecule has 7 aromatic carbocycles. The third-order valence-electron chi connectivity index (χ3n) is 9.37. The minimum Gasteiger partial charge on any atom is -0.456 e. The highest BCUT2D eigenvalue weighted by Gasteiger charge is 2.21. The van der Waals surface area contributed by atoms with Crippen molar-refractivity contribution in [3.63, 3.8) is 0 Å². The lowest BCUT2D eigenvalue weighted by Gasteiger charge is -2.12. The van der Waals surface area contributed by atoms with Crippen molar-refractivity contribution in [3.8, 4) is 56.4 Å². The molecule has 3 aromatic heterocycles. The van der Waals surface area contributed by atoms with Gasteiger partial charge in [-0.3, -0.25) is 0 Å². The molecule has 0 atom stereocenters. The summed E-state index contributed by atoms with van der Waals surface area (Å²) < 4.78 is 13.0. The van der Waals surface area contributed by atoms with Gasteiger partial charge >= 0.3 is 0 Å². The minimum absolute atomic E-state index is 0.548. The Hall–Kier alpha value is -6.85. The van der Waals surface area contributed by atoms with Crippen molar-refractivity contribution in [1.29, 1.82) is 0 Å². The van der Waals surface area contributed by atoms with Crippen LogP contribution in [0, 0.1) is 0 Å². The van der Waals surface area contributed by atoms with Gasteiger partial charge in [0.15, 0.2) is 17.5 Å². The molecule has 0 unspecified atom stereocenters. The van der Waals surface area contributed by atoms with Crippen LogP contribution in [-0.4, -0.2) is 15.0 Å². The monoisotopic (exact) mass is 641 g/mol. The fourth-order valence-corrected chi connectivity index (χ4v) is 7.04. The molecule has 0 aliphatic rings. The standard InChI is InChI=1S/C45H27N3O2/c1-3-13-28(14-4-1)31-17-7-8-19-35(31)44-46-43(29-15-5-2-6-16-29)47-45(48-44)37-22-11-21-36-41-32(20-12-24-39(41)50-42(36)37)30-25-26-34-33-18-9-10-23-38(33)49-40(34)27-30/h1-27H. The Kier molecular flexibility index (Phi) is 6.42. The largest absolute Gasteiger partial charge is 0.456 e. The molecule has 0 saturated heterocycles. The average Bonchev–Trinajstić information content (AvgIpc) is 3.77. The number of hydrogen-bond donors (Lipinski definition) is 0. The molecule has 3 heterocycles. The first kappa shape index (κ1) is 28.2. The summed E-state index contributed by atoms with van der Waals surface area (Å²) in [4.78, 5) is 15.3. The molecule has 0 radical (unpaired) electrons. The van der Waals surface area contributed by atoms with E-state index in [-0.39, 0.29) is 0 Å². The number of aromatic nitrogens is 3. The topological polar surface area (TPSA) is 65.0 Å². The van der Waals surface area contributed by atoms with E-state index in [0.29, 0.717) is 17.5 Å². The number of benzene rings is 7. The molecule has 234 valence electrons. The van der Waals surface area contributed by atoms with Gasteiger partial charge in [0.2, 0.25) is 0 Å². The summed E-state index contributed by atoms with van der Waals surface area (Å²) in [6.07, 6.45) is 0. The summed E-state index contributed by atoms with van der Waals surface area (Å²) in [5.74, 6) is 1.74. The van der Waals surface area contributed by atoms with Crippen LogP contribution < -0.4 is 0 Å². The van der Waals surface area contributed by atoms with E-state index in [1.165, 1.54) is 0 Å². The van der Waals surface area contributed by atoms with Crippen LogP contribution in [0.5, 0.6) is 0 Å². The predicted octanol–water partition coefficient (Wildman–Crippen LogP) is 12.0. The van der Waals surface area contributed by atoms with E-state index in [4.69, 9.17) is 23.8 Å². The number of furan rings is 2. The molecule has 0 aliphatic heterocycles. The zero-order chi connectivity index (χ0) is 33.0. The van der Waals surface area contributed by atoms with Crippen molar-refractivity contribution in [1.82, 2.24) is 15.0 Å². The maximum absolute atomic E-state index is 6.70. The Balaban J connectivity index is 1.18. The first-order chi connectivity index (χ1) is 24.8. The van der Waals surface area contributed by atoms with Crippen molar-refractivity contribution in [2.24, 2.45) is 0 Å². The Morgan fingerprint density at radius 3 is 1.74 bits per heavy atom. The van der Waals surface area contributed by atoms with Gasteiger partial charge in [0.25, 0.3) is 0 Å². The van der Waals surface area contributed by atoms with E-state index < -0.39 is 0 Å². The fraction of sp³-hybridized carbons (Fsp3) is 0. The molecular weight excluding hydrogens is 615 g/mol. The summed E-state index contributed by atoms with van der Waals surface area (Å²) in [5.41, 5.74) is 10.2. The number of para-hydroxylation sites is 2. The molecule has 5 heteroatoms. The van der Waals surface area contributed by atoms with E-state index in [0.717, 1.165) is 82.8 Å². The van der Waals surface area contributed by atoms with Crippen LogP contribution in [0.2, 0.25) is 0 Å². The van der Waals surface area contributed by atoms with E-state index in [9.17, 15) is 0 Å². The summed E-state index contributed by atoms with van der Waals surface area (Å²) in [7, 11) is 0. The maximum atomic E-state index is 6.70. The first-order valence-corrected chi connectivity index (χ1v) is 16.6. The van der Waals surface area contributed by atoms with Gasteiger partial charge in [-0.25, -0.2) is 15.0 Å². The lowest BCUT2D eigenvalue weighted by atomic mass is 9.97. The van der Waals surface area contributed by atoms with Gasteiger partial charge in [-0.15, -0.1) is 0 Å². The molecule has 0 aliphatic carbocycles. The SMILES string of the molecule is c1ccc(-c2nc(-c3ccccc3-c3ccccc3)nc(-c3cccc4c3oc3cccc(-c5ccc6c(c5)oc5ccccc56)c34)n2)cc1. The highest BCUT2D eigenvalue weighted by atomic mass is 16.3. The minimum atomic E-state index is 0.548. The smallest absolute Gasteiger partial charge is 0.167 e. The Labute approximate surface area is 287 Å². The third-order valence-corrected chi connectivity index (χ3v) is 9.37. The van der Waals surface area contributed by atoms with Gasteiger partial charge in [0, 0.05) is 32.7 Å². The van der Waals surface area contributed by atoms with E-state index in [2.05, 4.69) is 66.7 Å². The van der Waals surface area contributed by atoms with E-state index in [1.54, 1.807) is 0 Å². The van der Waals surface area contributed by atoms with Crippen LogP contribution >= 0.6 is 0 Å². The van der Waals surface area contributed by atoms with Gasteiger partial charge in [-0.1, -0.05) is 133 Å². The maximum Gasteiger partial charge on any atom is 0.167 e. The zero-order valence-corrected chi connectivity index (χ0v) is 26.7. The Bertz CT molecular complexity index is 2870. The van der Waals surface area contributed by atoms with Crippen LogP contribution in [0.1, 0.15) is 0 Å². The predicted molar refractivity (Wildman–Crippen MR) is 202 cm³/mol. The van der Waals surface area contributed by atoms with Gasteiger partial charge in [-0.2, -0.15) is 0 Å². The summed E-state index contributed by atoms with van der Waals surface area (Å²) in [6.45, 7) is 0. The van der Waals surface area contributed by atoms with Crippen molar-refractivity contribution >= 4 is 43.9 Å². The molecule has 0 bridgehead atoms. The molecule has 5 nitrogen and oxygen atoms in total. The molecule has 0 N–H and O–H groups in total. The second-order valence-corrected chi connectivity index (χ2v) is 12.4. The van der Waals surface area contributed by atoms with Crippen LogP contribution in [-0.2, 0) is 0 Å². The van der Waals surface area contributed by atoms with Gasteiger partial charge in [0.05, 0.1) is 5.56 Å². The molecule has 0 fully saturated rings. The highest BCUT2D eigenvalue weighted by Crippen LogP contribution is 2.42. The lowest BCUT2D eigenvalue weighted by molar-refractivity contribution is 0.668. The second kappa shape index (κ2) is 11.4. The Morgan fingerprint density at radius 2 is 0.900 bits per heavy atom. The number of hydrogen-bond acceptors (Lipinski definition) is 5. The van der Waals surface area contributed by atoms with Crippen LogP contribution in [0.3, 0.4) is 0 Å². The summed E-state index contributed by atoms with van der Waals surface area (Å²) >= 11 is 0. The fourth-order valence-electron chi connectivity index (χ4n) is 7.04. The van der Waals surface area contributed by atoms with Crippen LogP contribution in [0.4, 0.5) is 0 Å². The van der Waals surface area contributed by atoms with Crippen LogP contribution in [0.25, 0.3) is 100 Å². The molecule has 0 amide bonds. The lowest BCUT2D eigenvalue weighted by Crippen LogP contribution is -2.01. The highest BCUT2D eigenvalue weighted by molar-refractivity contribution is 6.16. The van der Waals surface area contributed by atoms with Crippen LogP contribution in [0.15, 0.2) is 173 Å². The van der Waals surface area contributed by atoms with Crippen molar-refractivity contribution in [3.05, 3.63) is 164 Å². The van der Waals surface area contributed by atoms with Crippen molar-refractivity contribution < 1.29 is 8.83 Å². The van der Waals surface area contributed by atoms with Gasteiger partial charge in [0.1, 0.15) is 22.3 Å². The molecule has 50 heavy (non-hydrogen) atoms. The van der Waals surface area contributed by atoms with E-state index >= 15 is 0 Å². The first-order valence-electron chi connectivity index (χ1n) is 16.6. The number of nitrogens with zero attached hydrogens (tertiary/aromatic N) is 3. The summed E-state index contributed by atoms with van der Waals surface area (Å²) in [5, 5.41) is 4.24. The van der Waals surface area contributed by atoms with Crippen molar-refractivity contribution in [2.45, 2.75) is 0 Å². The second-order valence-electron chi connectivity index (χ2n) is 12.4. The van der Waals surface area contributed by atoms with Gasteiger partial charge < -0.3 is 8.83 Å². The van der Waals surface area contributed by atoms with E-state index in [1.807, 2.05) is 97.1 Å². The molecule has 10 aromatic rings. The Morgan fingerprint density at radius 1 is 0.320 bits per heavy atom. The quantitative estimate of drug-likeness (QED) is 0.187. The normalized spacial score (nSPS) is 11.6. The molecular formula is C45H27N3O2. The molecule has 0 saturated carbocycles. The van der Waals surface area contributed by atoms with Crippen molar-refractivity contribution in [2.75, 3.05) is 0 Å². The average molecular weight is 642 g/mol. The third kappa shape index (κ3) is 4.60. The molecule has 10 rings (SSSR count). The number of fused-ring (bicyclic) bond motifs is 6.